The number of ether oxygens (including phenoxy) is 1. The number of carbonyl (C=O) groups is 1. The van der Waals surface area contributed by atoms with Crippen molar-refractivity contribution in [2.45, 2.75) is 19.3 Å². The number of nitriles is 1. The molecule has 0 aliphatic carbocycles. The number of methoxy groups -OCH3 is 1. The van der Waals surface area contributed by atoms with Crippen LogP contribution in [0.3, 0.4) is 0 Å². The fraction of sp³-hybridized carbons (Fsp3) is 0.273. The van der Waals surface area contributed by atoms with Crippen LogP contribution < -0.4 is 15.0 Å². The van der Waals surface area contributed by atoms with Crippen molar-refractivity contribution >= 4 is 11.6 Å². The number of hydrogen-bond acceptors (Lipinski definition) is 4. The number of aryl methyl sites for hydroxylation is 1. The van der Waals surface area contributed by atoms with Crippen LogP contribution in [-0.4, -0.2) is 26.1 Å². The van der Waals surface area contributed by atoms with Crippen molar-refractivity contribution in [1.82, 2.24) is 5.32 Å². The van der Waals surface area contributed by atoms with Gasteiger partial charge in [-0.3, -0.25) is 4.79 Å². The van der Waals surface area contributed by atoms with Crippen molar-refractivity contribution in [1.29, 1.82) is 5.26 Å². The number of amides is 1. The maximum Gasteiger partial charge on any atom is 0.263 e. The molecular weight excluding hydrogens is 338 g/mol. The molecule has 1 heterocycles. The summed E-state index contributed by atoms with van der Waals surface area (Å²) >= 11 is 0. The van der Waals surface area contributed by atoms with Gasteiger partial charge in [-0.25, -0.2) is 0 Å². The highest BCUT2D eigenvalue weighted by molar-refractivity contribution is 5.97. The molecule has 1 amide bonds. The number of fused-ring (bicyclic) bond motifs is 1. The van der Waals surface area contributed by atoms with Gasteiger partial charge in [0, 0.05) is 25.0 Å². The minimum atomic E-state index is -0.339. The van der Waals surface area contributed by atoms with Crippen LogP contribution in [0.25, 0.3) is 0 Å². The molecule has 0 radical (unpaired) electrons. The first kappa shape index (κ1) is 18.5. The first-order chi connectivity index (χ1) is 13.2. The van der Waals surface area contributed by atoms with E-state index in [0.29, 0.717) is 13.0 Å². The zero-order chi connectivity index (χ0) is 19.1. The summed E-state index contributed by atoms with van der Waals surface area (Å²) in [5.41, 5.74) is 3.55. The smallest absolute Gasteiger partial charge is 0.263 e. The molecule has 0 unspecified atom stereocenters. The molecule has 0 spiro atoms. The first-order valence-electron chi connectivity index (χ1n) is 9.09. The monoisotopic (exact) mass is 361 g/mol. The van der Waals surface area contributed by atoms with Crippen LogP contribution in [0, 0.1) is 11.3 Å². The van der Waals surface area contributed by atoms with Crippen LogP contribution in [0.15, 0.2) is 60.3 Å². The zero-order valence-corrected chi connectivity index (χ0v) is 15.4. The lowest BCUT2D eigenvalue weighted by Gasteiger charge is -2.28. The van der Waals surface area contributed by atoms with Gasteiger partial charge in [0.25, 0.3) is 5.91 Å². The van der Waals surface area contributed by atoms with Gasteiger partial charge in [-0.05, 0) is 48.6 Å². The van der Waals surface area contributed by atoms with Gasteiger partial charge in [0.05, 0.1) is 7.11 Å². The van der Waals surface area contributed by atoms with E-state index in [2.05, 4.69) is 11.4 Å². The Kier molecular flexibility index (Phi) is 6.11. The standard InChI is InChI=1S/C22H23N3O2/c1-27-20-10-8-17(9-11-20)12-13-24-22(26)19(15-23)16-25-14-4-6-18-5-2-3-7-21(18)25/h2-3,5,7-11,16H,4,6,12-14H2,1H3,(H,24,26)/b19-16-. The van der Waals surface area contributed by atoms with Gasteiger partial charge in [-0.1, -0.05) is 30.3 Å². The van der Waals surface area contributed by atoms with Crippen LogP contribution in [-0.2, 0) is 17.6 Å². The summed E-state index contributed by atoms with van der Waals surface area (Å²) in [6.45, 7) is 1.28. The number of para-hydroxylation sites is 1. The molecular formula is C22H23N3O2. The van der Waals surface area contributed by atoms with Gasteiger partial charge >= 0.3 is 0 Å². The molecule has 5 nitrogen and oxygen atoms in total. The summed E-state index contributed by atoms with van der Waals surface area (Å²) in [4.78, 5) is 14.4. The quantitative estimate of drug-likeness (QED) is 0.634. The van der Waals surface area contributed by atoms with E-state index in [1.54, 1.807) is 13.3 Å². The van der Waals surface area contributed by atoms with Crippen LogP contribution >= 0.6 is 0 Å². The largest absolute Gasteiger partial charge is 0.497 e. The van der Waals surface area contributed by atoms with E-state index in [1.165, 1.54) is 5.56 Å². The molecule has 0 atom stereocenters. The van der Waals surface area contributed by atoms with Gasteiger partial charge in [0.2, 0.25) is 0 Å². The predicted octanol–water partition coefficient (Wildman–Crippen LogP) is 3.21. The van der Waals surface area contributed by atoms with Crippen LogP contribution in [0.5, 0.6) is 5.75 Å². The topological polar surface area (TPSA) is 65.4 Å². The molecule has 5 heteroatoms. The second kappa shape index (κ2) is 8.91. The van der Waals surface area contributed by atoms with Crippen molar-refractivity contribution < 1.29 is 9.53 Å². The molecule has 138 valence electrons. The normalized spacial score (nSPS) is 13.5. The van der Waals surface area contributed by atoms with E-state index in [9.17, 15) is 10.1 Å². The molecule has 0 bridgehead atoms. The molecule has 27 heavy (non-hydrogen) atoms. The van der Waals surface area contributed by atoms with E-state index in [4.69, 9.17) is 4.74 Å². The second-order valence-electron chi connectivity index (χ2n) is 6.43. The Bertz CT molecular complexity index is 866. The van der Waals surface area contributed by atoms with Crippen LogP contribution in [0.2, 0.25) is 0 Å². The zero-order valence-electron chi connectivity index (χ0n) is 15.4. The average molecular weight is 361 g/mol. The van der Waals surface area contributed by atoms with Crippen molar-refractivity contribution in [3.05, 3.63) is 71.4 Å². The van der Waals surface area contributed by atoms with E-state index in [0.717, 1.165) is 36.4 Å². The highest BCUT2D eigenvalue weighted by Gasteiger charge is 2.17. The summed E-state index contributed by atoms with van der Waals surface area (Å²) in [6.07, 6.45) is 4.39. The van der Waals surface area contributed by atoms with E-state index in [1.807, 2.05) is 53.4 Å². The maximum absolute atomic E-state index is 12.4. The highest BCUT2D eigenvalue weighted by Crippen LogP contribution is 2.27. The predicted molar refractivity (Wildman–Crippen MR) is 106 cm³/mol. The third-order valence-corrected chi connectivity index (χ3v) is 4.65. The number of carbonyl (C=O) groups excluding carboxylic acids is 1. The van der Waals surface area contributed by atoms with E-state index >= 15 is 0 Å². The number of nitrogens with zero attached hydrogens (tertiary/aromatic N) is 2. The third kappa shape index (κ3) is 4.68. The van der Waals surface area contributed by atoms with Gasteiger partial charge in [-0.2, -0.15) is 5.26 Å². The van der Waals surface area contributed by atoms with Crippen LogP contribution in [0.1, 0.15) is 17.5 Å². The fourth-order valence-electron chi connectivity index (χ4n) is 3.20. The number of anilines is 1. The van der Waals surface area contributed by atoms with E-state index in [-0.39, 0.29) is 11.5 Å². The Morgan fingerprint density at radius 3 is 2.78 bits per heavy atom. The Hall–Kier alpha value is -3.26. The molecule has 3 rings (SSSR count). The summed E-state index contributed by atoms with van der Waals surface area (Å²) < 4.78 is 5.14. The summed E-state index contributed by atoms with van der Waals surface area (Å²) in [7, 11) is 1.63. The second-order valence-corrected chi connectivity index (χ2v) is 6.43. The highest BCUT2D eigenvalue weighted by atomic mass is 16.5. The average Bonchev–Trinajstić information content (AvgIpc) is 2.72. The third-order valence-electron chi connectivity index (χ3n) is 4.65. The van der Waals surface area contributed by atoms with Crippen molar-refractivity contribution in [2.75, 3.05) is 25.1 Å². The molecule has 0 fully saturated rings. The molecule has 2 aromatic carbocycles. The van der Waals surface area contributed by atoms with Crippen molar-refractivity contribution in [3.8, 4) is 11.8 Å². The summed E-state index contributed by atoms with van der Waals surface area (Å²) in [6, 6.07) is 17.9. The summed E-state index contributed by atoms with van der Waals surface area (Å²) in [5, 5.41) is 12.3. The minimum absolute atomic E-state index is 0.126. The number of rotatable bonds is 6. The molecule has 0 saturated heterocycles. The molecule has 1 aliphatic rings. The lowest BCUT2D eigenvalue weighted by atomic mass is 10.0. The Balaban J connectivity index is 1.61. The van der Waals surface area contributed by atoms with Gasteiger partial charge in [0.1, 0.15) is 17.4 Å². The Labute approximate surface area is 159 Å². The van der Waals surface area contributed by atoms with Gasteiger partial charge < -0.3 is 15.0 Å². The van der Waals surface area contributed by atoms with E-state index < -0.39 is 0 Å². The lowest BCUT2D eigenvalue weighted by molar-refractivity contribution is -0.117. The molecule has 0 aromatic heterocycles. The van der Waals surface area contributed by atoms with Gasteiger partial charge in [0.15, 0.2) is 0 Å². The van der Waals surface area contributed by atoms with Gasteiger partial charge in [-0.15, -0.1) is 0 Å². The fourth-order valence-corrected chi connectivity index (χ4v) is 3.20. The Morgan fingerprint density at radius 1 is 1.26 bits per heavy atom. The number of hydrogen-bond donors (Lipinski definition) is 1. The van der Waals surface area contributed by atoms with Crippen molar-refractivity contribution in [3.63, 3.8) is 0 Å². The number of nitrogens with one attached hydrogen (secondary N) is 1. The lowest BCUT2D eigenvalue weighted by Crippen LogP contribution is -2.30. The maximum atomic E-state index is 12.4. The first-order valence-corrected chi connectivity index (χ1v) is 9.09. The summed E-state index contributed by atoms with van der Waals surface area (Å²) in [5.74, 6) is 0.466. The molecule has 1 aliphatic heterocycles. The SMILES string of the molecule is COc1ccc(CCNC(=O)/C(C#N)=C\N2CCCc3ccccc32)cc1. The van der Waals surface area contributed by atoms with Crippen molar-refractivity contribution in [2.24, 2.45) is 0 Å². The minimum Gasteiger partial charge on any atom is -0.497 e. The Morgan fingerprint density at radius 2 is 2.04 bits per heavy atom. The molecule has 1 N–H and O–H groups in total. The number of benzene rings is 2. The molecule has 2 aromatic rings. The molecule has 0 saturated carbocycles. The van der Waals surface area contributed by atoms with Crippen LogP contribution in [0.4, 0.5) is 5.69 Å².